The maximum absolute atomic E-state index is 12.1. The summed E-state index contributed by atoms with van der Waals surface area (Å²) >= 11 is 1.94. The fourth-order valence-corrected chi connectivity index (χ4v) is 3.09. The Balaban J connectivity index is 2.05. The summed E-state index contributed by atoms with van der Waals surface area (Å²) in [6.45, 7) is 0. The lowest BCUT2D eigenvalue weighted by atomic mass is 10.1. The number of nitrogens with one attached hydrogen (secondary N) is 1. The Morgan fingerprint density at radius 2 is 2.11 bits per heavy atom. The average molecular weight is 266 g/mol. The monoisotopic (exact) mass is 266 g/mol. The van der Waals surface area contributed by atoms with Crippen molar-refractivity contribution in [1.82, 2.24) is 5.32 Å². The van der Waals surface area contributed by atoms with Gasteiger partial charge in [-0.25, -0.2) is 0 Å². The van der Waals surface area contributed by atoms with Crippen LogP contribution in [-0.2, 0) is 0 Å². The molecule has 1 aliphatic rings. The molecule has 1 fully saturated rings. The quantitative estimate of drug-likeness (QED) is 0.820. The topological polar surface area (TPSA) is 64.3 Å². The summed E-state index contributed by atoms with van der Waals surface area (Å²) in [6.07, 6.45) is 2.08. The molecule has 4 nitrogen and oxygen atoms in total. The highest BCUT2D eigenvalue weighted by atomic mass is 32.2. The van der Waals surface area contributed by atoms with E-state index >= 15 is 0 Å². The van der Waals surface area contributed by atoms with Crippen molar-refractivity contribution in [2.45, 2.75) is 18.9 Å². The third-order valence-corrected chi connectivity index (χ3v) is 4.03. The van der Waals surface area contributed by atoms with Crippen molar-refractivity contribution in [3.63, 3.8) is 0 Å². The van der Waals surface area contributed by atoms with E-state index in [-0.39, 0.29) is 11.9 Å². The zero-order chi connectivity index (χ0) is 13.0. The van der Waals surface area contributed by atoms with Crippen molar-refractivity contribution >= 4 is 23.4 Å². The van der Waals surface area contributed by atoms with E-state index in [0.717, 1.165) is 24.3 Å². The number of thioether (sulfide) groups is 1. The van der Waals surface area contributed by atoms with Crippen molar-refractivity contribution < 1.29 is 9.53 Å². The fraction of sp³-hybridized carbons (Fsp3) is 0.462. The van der Waals surface area contributed by atoms with Crippen LogP contribution in [0.4, 0.5) is 5.69 Å². The molecule has 0 aliphatic carbocycles. The maximum Gasteiger partial charge on any atom is 0.251 e. The van der Waals surface area contributed by atoms with Gasteiger partial charge in [0.25, 0.3) is 5.91 Å². The standard InChI is InChI=1S/C13H18N2O2S/c1-17-12-7-9(6-10(14)8-12)13(16)15-11-2-4-18-5-3-11/h6-8,11H,2-5,14H2,1H3,(H,15,16). The lowest BCUT2D eigenvalue weighted by Crippen LogP contribution is -2.37. The van der Waals surface area contributed by atoms with E-state index in [2.05, 4.69) is 5.32 Å². The molecule has 3 N–H and O–H groups in total. The van der Waals surface area contributed by atoms with E-state index in [1.54, 1.807) is 25.3 Å². The van der Waals surface area contributed by atoms with Crippen LogP contribution in [-0.4, -0.2) is 30.6 Å². The smallest absolute Gasteiger partial charge is 0.251 e. The second-order valence-electron chi connectivity index (χ2n) is 4.35. The molecule has 0 radical (unpaired) electrons. The molecule has 0 bridgehead atoms. The van der Waals surface area contributed by atoms with E-state index < -0.39 is 0 Å². The van der Waals surface area contributed by atoms with Gasteiger partial charge in [-0.1, -0.05) is 0 Å². The van der Waals surface area contributed by atoms with Gasteiger partial charge in [0.05, 0.1) is 7.11 Å². The van der Waals surface area contributed by atoms with E-state index in [4.69, 9.17) is 10.5 Å². The molecule has 1 aliphatic heterocycles. The first kappa shape index (κ1) is 13.1. The molecule has 1 saturated heterocycles. The minimum atomic E-state index is -0.0718. The van der Waals surface area contributed by atoms with Crippen LogP contribution < -0.4 is 15.8 Å². The van der Waals surface area contributed by atoms with E-state index in [1.807, 2.05) is 11.8 Å². The van der Waals surface area contributed by atoms with E-state index in [9.17, 15) is 4.79 Å². The largest absolute Gasteiger partial charge is 0.497 e. The summed E-state index contributed by atoms with van der Waals surface area (Å²) in [4.78, 5) is 12.1. The maximum atomic E-state index is 12.1. The number of methoxy groups -OCH3 is 1. The van der Waals surface area contributed by atoms with Gasteiger partial charge in [0.1, 0.15) is 5.75 Å². The molecular weight excluding hydrogens is 248 g/mol. The zero-order valence-corrected chi connectivity index (χ0v) is 11.3. The van der Waals surface area contributed by atoms with Gasteiger partial charge >= 0.3 is 0 Å². The van der Waals surface area contributed by atoms with E-state index in [0.29, 0.717) is 17.0 Å². The molecular formula is C13H18N2O2S. The van der Waals surface area contributed by atoms with Crippen molar-refractivity contribution in [1.29, 1.82) is 0 Å². The molecule has 0 unspecified atom stereocenters. The third-order valence-electron chi connectivity index (χ3n) is 2.98. The summed E-state index contributed by atoms with van der Waals surface area (Å²) in [5.41, 5.74) is 6.84. The minimum Gasteiger partial charge on any atom is -0.497 e. The molecule has 18 heavy (non-hydrogen) atoms. The number of carbonyl (C=O) groups excluding carboxylic acids is 1. The number of ether oxygens (including phenoxy) is 1. The first-order valence-electron chi connectivity index (χ1n) is 6.02. The third kappa shape index (κ3) is 3.32. The van der Waals surface area contributed by atoms with Crippen LogP contribution in [0.3, 0.4) is 0 Å². The van der Waals surface area contributed by atoms with Gasteiger partial charge < -0.3 is 15.8 Å². The fourth-order valence-electron chi connectivity index (χ4n) is 1.98. The van der Waals surface area contributed by atoms with E-state index in [1.165, 1.54) is 0 Å². The lowest BCUT2D eigenvalue weighted by molar-refractivity contribution is 0.0934. The van der Waals surface area contributed by atoms with Gasteiger partial charge in [-0.3, -0.25) is 4.79 Å². The number of carbonyl (C=O) groups is 1. The molecule has 1 aromatic carbocycles. The Morgan fingerprint density at radius 3 is 2.78 bits per heavy atom. The summed E-state index contributed by atoms with van der Waals surface area (Å²) < 4.78 is 5.11. The molecule has 0 atom stereocenters. The van der Waals surface area contributed by atoms with Gasteiger partial charge in [-0.05, 0) is 36.5 Å². The summed E-state index contributed by atoms with van der Waals surface area (Å²) in [5, 5.41) is 3.05. The van der Waals surface area contributed by atoms with Crippen LogP contribution in [0.5, 0.6) is 5.75 Å². The number of hydrogen-bond acceptors (Lipinski definition) is 4. The number of hydrogen-bond donors (Lipinski definition) is 2. The number of nitrogens with two attached hydrogens (primary N) is 1. The SMILES string of the molecule is COc1cc(N)cc(C(=O)NC2CCSCC2)c1. The highest BCUT2D eigenvalue weighted by Gasteiger charge is 2.17. The Kier molecular flexibility index (Phi) is 4.36. The predicted octanol–water partition coefficient (Wildman–Crippen LogP) is 1.90. The van der Waals surface area contributed by atoms with Gasteiger partial charge in [-0.2, -0.15) is 11.8 Å². The first-order chi connectivity index (χ1) is 8.69. The van der Waals surface area contributed by atoms with Crippen LogP contribution in [0, 0.1) is 0 Å². The Hall–Kier alpha value is -1.36. The van der Waals surface area contributed by atoms with Crippen LogP contribution in [0.15, 0.2) is 18.2 Å². The van der Waals surface area contributed by atoms with Crippen LogP contribution in [0.2, 0.25) is 0 Å². The molecule has 5 heteroatoms. The summed E-state index contributed by atoms with van der Waals surface area (Å²) in [5.74, 6) is 2.77. The highest BCUT2D eigenvalue weighted by molar-refractivity contribution is 7.99. The first-order valence-corrected chi connectivity index (χ1v) is 7.17. The summed E-state index contributed by atoms with van der Waals surface area (Å²) in [7, 11) is 1.56. The second-order valence-corrected chi connectivity index (χ2v) is 5.58. The number of amides is 1. The number of anilines is 1. The molecule has 1 amide bonds. The normalized spacial score (nSPS) is 16.3. The molecule has 0 aromatic heterocycles. The lowest BCUT2D eigenvalue weighted by Gasteiger charge is -2.22. The molecule has 1 aromatic rings. The highest BCUT2D eigenvalue weighted by Crippen LogP contribution is 2.20. The van der Waals surface area contributed by atoms with Gasteiger partial charge in [0.15, 0.2) is 0 Å². The van der Waals surface area contributed by atoms with Crippen molar-refractivity contribution in [2.75, 3.05) is 24.3 Å². The van der Waals surface area contributed by atoms with Gasteiger partial charge in [0.2, 0.25) is 0 Å². The van der Waals surface area contributed by atoms with Gasteiger partial charge in [-0.15, -0.1) is 0 Å². The van der Waals surface area contributed by atoms with Crippen LogP contribution in [0.1, 0.15) is 23.2 Å². The number of benzene rings is 1. The van der Waals surface area contributed by atoms with Crippen molar-refractivity contribution in [3.8, 4) is 5.75 Å². The molecule has 0 saturated carbocycles. The van der Waals surface area contributed by atoms with Crippen molar-refractivity contribution in [2.24, 2.45) is 0 Å². The predicted molar refractivity (Wildman–Crippen MR) is 75.2 cm³/mol. The Labute approximate surface area is 111 Å². The molecule has 2 rings (SSSR count). The Morgan fingerprint density at radius 1 is 1.39 bits per heavy atom. The van der Waals surface area contributed by atoms with Crippen LogP contribution in [0.25, 0.3) is 0 Å². The van der Waals surface area contributed by atoms with Gasteiger partial charge in [0, 0.05) is 23.4 Å². The molecule has 98 valence electrons. The second kappa shape index (κ2) is 6.00. The Bertz CT molecular complexity index is 431. The zero-order valence-electron chi connectivity index (χ0n) is 10.4. The average Bonchev–Trinajstić information content (AvgIpc) is 2.39. The molecule has 1 heterocycles. The minimum absolute atomic E-state index is 0.0718. The summed E-state index contributed by atoms with van der Waals surface area (Å²) in [6, 6.07) is 5.37. The molecule has 0 spiro atoms. The number of rotatable bonds is 3. The van der Waals surface area contributed by atoms with Crippen LogP contribution >= 0.6 is 11.8 Å². The number of nitrogen functional groups attached to an aromatic ring is 1. The van der Waals surface area contributed by atoms with Crippen molar-refractivity contribution in [3.05, 3.63) is 23.8 Å².